The molecule has 0 unspecified atom stereocenters. The summed E-state index contributed by atoms with van der Waals surface area (Å²) in [5.74, 6) is -0.152. The van der Waals surface area contributed by atoms with Crippen LogP contribution in [0.2, 0.25) is 5.02 Å². The Bertz CT molecular complexity index is 1060. The van der Waals surface area contributed by atoms with Crippen LogP contribution in [-0.4, -0.2) is 33.6 Å². The molecule has 0 fully saturated rings. The Morgan fingerprint density at radius 1 is 1.17 bits per heavy atom. The minimum Gasteiger partial charge on any atom is -0.505 e. The number of nitrogens with zero attached hydrogens (tertiary/aromatic N) is 2. The molecule has 3 rings (SSSR count). The van der Waals surface area contributed by atoms with E-state index in [-0.39, 0.29) is 40.4 Å². The number of carbonyl (C=O) groups excluding carboxylic acids is 2. The Morgan fingerprint density at radius 2 is 1.90 bits per heavy atom. The number of benzene rings is 2. The zero-order chi connectivity index (χ0) is 21.7. The lowest BCUT2D eigenvalue weighted by atomic mass is 10.1. The first kappa shape index (κ1) is 21.3. The van der Waals surface area contributed by atoms with Crippen LogP contribution in [0.4, 0.5) is 0 Å². The van der Waals surface area contributed by atoms with E-state index >= 15 is 0 Å². The number of ketones is 1. The SMILES string of the molecule is CCOC(=O)c1ccc(Cc2nc(COc3ccc(C(C)=O)c(O)c3Cl)no2)cc1. The van der Waals surface area contributed by atoms with E-state index in [9.17, 15) is 14.7 Å². The summed E-state index contributed by atoms with van der Waals surface area (Å²) in [6, 6.07) is 9.84. The van der Waals surface area contributed by atoms with E-state index in [1.807, 2.05) is 0 Å². The fraction of sp³-hybridized carbons (Fsp3) is 0.238. The molecule has 30 heavy (non-hydrogen) atoms. The number of esters is 1. The smallest absolute Gasteiger partial charge is 0.338 e. The maximum atomic E-state index is 11.7. The summed E-state index contributed by atoms with van der Waals surface area (Å²) in [4.78, 5) is 27.4. The molecule has 1 N–H and O–H groups in total. The molecule has 1 aromatic heterocycles. The van der Waals surface area contributed by atoms with Crippen molar-refractivity contribution < 1.29 is 28.7 Å². The van der Waals surface area contributed by atoms with Crippen LogP contribution in [0.25, 0.3) is 0 Å². The van der Waals surface area contributed by atoms with Crippen molar-refractivity contribution in [1.29, 1.82) is 0 Å². The quantitative estimate of drug-likeness (QED) is 0.422. The summed E-state index contributed by atoms with van der Waals surface area (Å²) in [6.45, 7) is 3.36. The van der Waals surface area contributed by atoms with Crippen LogP contribution in [0.1, 0.15) is 51.8 Å². The Labute approximate surface area is 177 Å². The minimum atomic E-state index is -0.373. The van der Waals surface area contributed by atoms with Crippen molar-refractivity contribution in [1.82, 2.24) is 10.1 Å². The van der Waals surface area contributed by atoms with E-state index in [0.717, 1.165) is 5.56 Å². The number of aromatic nitrogens is 2. The normalized spacial score (nSPS) is 10.6. The van der Waals surface area contributed by atoms with Gasteiger partial charge >= 0.3 is 5.97 Å². The average molecular weight is 431 g/mol. The van der Waals surface area contributed by atoms with Crippen LogP contribution in [0.15, 0.2) is 40.9 Å². The van der Waals surface area contributed by atoms with Crippen molar-refractivity contribution in [2.24, 2.45) is 0 Å². The second kappa shape index (κ2) is 9.41. The Kier molecular flexibility index (Phi) is 6.68. The van der Waals surface area contributed by atoms with Crippen molar-refractivity contribution in [3.63, 3.8) is 0 Å². The van der Waals surface area contributed by atoms with E-state index in [2.05, 4.69) is 10.1 Å². The molecule has 0 saturated carbocycles. The van der Waals surface area contributed by atoms with Crippen LogP contribution in [0.3, 0.4) is 0 Å². The molecule has 0 radical (unpaired) electrons. The van der Waals surface area contributed by atoms with Crippen LogP contribution >= 0.6 is 11.6 Å². The molecule has 2 aromatic carbocycles. The van der Waals surface area contributed by atoms with Gasteiger partial charge in [0.25, 0.3) is 0 Å². The molecule has 1 heterocycles. The standard InChI is InChI=1S/C21H19ClN2O6/c1-3-28-21(27)14-6-4-13(5-7-14)10-18-23-17(24-30-18)11-29-16-9-8-15(12(2)25)20(26)19(16)22/h4-9,26H,3,10-11H2,1-2H3. The van der Waals surface area contributed by atoms with E-state index in [1.54, 1.807) is 31.2 Å². The number of carbonyl (C=O) groups is 2. The molecule has 156 valence electrons. The van der Waals surface area contributed by atoms with Crippen molar-refractivity contribution in [3.05, 3.63) is 69.8 Å². The third kappa shape index (κ3) is 4.96. The number of phenols is 1. The summed E-state index contributed by atoms with van der Waals surface area (Å²) in [7, 11) is 0. The number of Topliss-reactive ketones (excluding diaryl/α,β-unsaturated/α-hetero) is 1. The summed E-state index contributed by atoms with van der Waals surface area (Å²) in [5, 5.41) is 13.8. The topological polar surface area (TPSA) is 112 Å². The second-order valence-corrected chi connectivity index (χ2v) is 6.70. The highest BCUT2D eigenvalue weighted by molar-refractivity contribution is 6.34. The van der Waals surface area contributed by atoms with Gasteiger partial charge in [0.2, 0.25) is 11.7 Å². The first-order valence-electron chi connectivity index (χ1n) is 9.11. The van der Waals surface area contributed by atoms with E-state index in [0.29, 0.717) is 30.3 Å². The fourth-order valence-electron chi connectivity index (χ4n) is 2.65. The monoisotopic (exact) mass is 430 g/mol. The lowest BCUT2D eigenvalue weighted by Crippen LogP contribution is -2.04. The molecule has 9 heteroatoms. The van der Waals surface area contributed by atoms with Crippen LogP contribution < -0.4 is 4.74 Å². The van der Waals surface area contributed by atoms with Gasteiger partial charge in [0.1, 0.15) is 16.5 Å². The summed E-state index contributed by atoms with van der Waals surface area (Å²) in [5.41, 5.74) is 1.46. The fourth-order valence-corrected chi connectivity index (χ4v) is 2.87. The van der Waals surface area contributed by atoms with Gasteiger partial charge < -0.3 is 19.1 Å². The predicted molar refractivity (Wildman–Crippen MR) is 107 cm³/mol. The Morgan fingerprint density at radius 3 is 2.57 bits per heavy atom. The van der Waals surface area contributed by atoms with Gasteiger partial charge in [0.15, 0.2) is 12.4 Å². The largest absolute Gasteiger partial charge is 0.505 e. The third-order valence-corrected chi connectivity index (χ3v) is 4.51. The van der Waals surface area contributed by atoms with Crippen LogP contribution in [-0.2, 0) is 17.8 Å². The van der Waals surface area contributed by atoms with Crippen molar-refractivity contribution in [3.8, 4) is 11.5 Å². The number of ether oxygens (including phenoxy) is 2. The number of phenolic OH excluding ortho intramolecular Hbond substituents is 1. The van der Waals surface area contributed by atoms with E-state index in [1.165, 1.54) is 19.1 Å². The zero-order valence-corrected chi connectivity index (χ0v) is 17.1. The van der Waals surface area contributed by atoms with Gasteiger partial charge in [-0.25, -0.2) is 4.79 Å². The predicted octanol–water partition coefficient (Wildman–Crippen LogP) is 3.98. The minimum absolute atomic E-state index is 0.0378. The van der Waals surface area contributed by atoms with Gasteiger partial charge in [0, 0.05) is 0 Å². The van der Waals surface area contributed by atoms with Crippen molar-refractivity contribution in [2.75, 3.05) is 6.61 Å². The maximum Gasteiger partial charge on any atom is 0.338 e. The van der Waals surface area contributed by atoms with Gasteiger partial charge in [-0.1, -0.05) is 28.9 Å². The molecule has 0 spiro atoms. The van der Waals surface area contributed by atoms with E-state index in [4.69, 9.17) is 25.6 Å². The molecular weight excluding hydrogens is 412 g/mol. The highest BCUT2D eigenvalue weighted by Crippen LogP contribution is 2.36. The van der Waals surface area contributed by atoms with Crippen LogP contribution in [0, 0.1) is 0 Å². The van der Waals surface area contributed by atoms with Gasteiger partial charge in [-0.3, -0.25) is 4.79 Å². The number of aromatic hydroxyl groups is 1. The summed E-state index contributed by atoms with van der Waals surface area (Å²) < 4.78 is 15.7. The maximum absolute atomic E-state index is 11.7. The molecule has 3 aromatic rings. The highest BCUT2D eigenvalue weighted by Gasteiger charge is 2.16. The van der Waals surface area contributed by atoms with Crippen LogP contribution in [0.5, 0.6) is 11.5 Å². The molecule has 0 aliphatic rings. The van der Waals surface area contributed by atoms with Gasteiger partial charge in [-0.05, 0) is 43.7 Å². The average Bonchev–Trinajstić information content (AvgIpc) is 3.17. The molecule has 0 aliphatic carbocycles. The number of halogens is 1. The first-order chi connectivity index (χ1) is 14.4. The Hall–Kier alpha value is -3.39. The summed E-state index contributed by atoms with van der Waals surface area (Å²) >= 11 is 6.05. The highest BCUT2D eigenvalue weighted by atomic mass is 35.5. The Balaban J connectivity index is 1.61. The molecule has 0 bridgehead atoms. The molecule has 0 atom stereocenters. The summed E-state index contributed by atoms with van der Waals surface area (Å²) in [6.07, 6.45) is 0.380. The molecular formula is C21H19ClN2O6. The first-order valence-corrected chi connectivity index (χ1v) is 9.49. The lowest BCUT2D eigenvalue weighted by Gasteiger charge is -2.09. The van der Waals surface area contributed by atoms with E-state index < -0.39 is 0 Å². The van der Waals surface area contributed by atoms with Crippen molar-refractivity contribution >= 4 is 23.4 Å². The zero-order valence-electron chi connectivity index (χ0n) is 16.3. The van der Waals surface area contributed by atoms with Gasteiger partial charge in [-0.2, -0.15) is 4.98 Å². The van der Waals surface area contributed by atoms with Gasteiger partial charge in [0.05, 0.1) is 24.2 Å². The second-order valence-electron chi connectivity index (χ2n) is 6.32. The molecule has 0 saturated heterocycles. The number of hydrogen-bond acceptors (Lipinski definition) is 8. The van der Waals surface area contributed by atoms with Crippen molar-refractivity contribution in [2.45, 2.75) is 26.9 Å². The molecule has 0 aliphatic heterocycles. The third-order valence-electron chi connectivity index (χ3n) is 4.15. The number of hydrogen-bond donors (Lipinski definition) is 1. The molecule has 8 nitrogen and oxygen atoms in total. The number of rotatable bonds is 8. The molecule has 0 amide bonds. The van der Waals surface area contributed by atoms with Gasteiger partial charge in [-0.15, -0.1) is 0 Å². The lowest BCUT2D eigenvalue weighted by molar-refractivity contribution is 0.0526.